The van der Waals surface area contributed by atoms with E-state index in [9.17, 15) is 0 Å². The molecule has 0 saturated heterocycles. The van der Waals surface area contributed by atoms with E-state index < -0.39 is 0 Å². The number of benzene rings is 1. The van der Waals surface area contributed by atoms with Crippen molar-refractivity contribution in [1.82, 2.24) is 0 Å². The molecule has 58 heavy (non-hydrogen) atoms. The van der Waals surface area contributed by atoms with Gasteiger partial charge in [0.05, 0.1) is 178 Å². The molecule has 342 valence electrons. The minimum atomic E-state index is 0.0234. The minimum Gasteiger partial charge on any atom is -0.491 e. The van der Waals surface area contributed by atoms with Crippen molar-refractivity contribution in [2.75, 3.05) is 185 Å². The summed E-state index contributed by atoms with van der Waals surface area (Å²) in [5, 5.41) is 8.60. The number of hydrogen-bond acceptors (Lipinski definition) is 15. The minimum absolute atomic E-state index is 0.0234. The van der Waals surface area contributed by atoms with Gasteiger partial charge in [-0.25, -0.2) is 0 Å². The Morgan fingerprint density at radius 3 is 0.862 bits per heavy atom. The van der Waals surface area contributed by atoms with Crippen molar-refractivity contribution in [3.05, 3.63) is 29.8 Å². The van der Waals surface area contributed by atoms with Crippen molar-refractivity contribution in [3.8, 4) is 5.75 Å². The average Bonchev–Trinajstić information content (AvgIpc) is 3.24. The first-order valence-corrected chi connectivity index (χ1v) is 21.7. The first-order valence-electron chi connectivity index (χ1n) is 21.7. The number of aryl methyl sites for hydroxylation is 1. The summed E-state index contributed by atoms with van der Waals surface area (Å²) < 4.78 is 76.8. The highest BCUT2D eigenvalue weighted by Gasteiger charge is 2.00. The first kappa shape index (κ1) is 54.5. The van der Waals surface area contributed by atoms with Crippen LogP contribution in [0.4, 0.5) is 0 Å². The van der Waals surface area contributed by atoms with Gasteiger partial charge in [-0.2, -0.15) is 0 Å². The van der Waals surface area contributed by atoms with E-state index in [0.29, 0.717) is 178 Å². The van der Waals surface area contributed by atoms with Gasteiger partial charge in [0.25, 0.3) is 0 Å². The van der Waals surface area contributed by atoms with Crippen molar-refractivity contribution in [2.24, 2.45) is 0 Å². The van der Waals surface area contributed by atoms with Gasteiger partial charge in [0, 0.05) is 0 Å². The third kappa shape index (κ3) is 42.6. The normalized spacial score (nSPS) is 11.6. The van der Waals surface area contributed by atoms with Crippen molar-refractivity contribution in [1.29, 1.82) is 0 Å². The lowest BCUT2D eigenvalue weighted by molar-refractivity contribution is -0.0293. The number of hydrogen-bond donors (Lipinski definition) is 1. The molecule has 0 unspecified atom stereocenters. The Labute approximate surface area is 349 Å². The quantitative estimate of drug-likeness (QED) is 0.0914. The summed E-state index contributed by atoms with van der Waals surface area (Å²) >= 11 is 0. The van der Waals surface area contributed by atoms with E-state index in [2.05, 4.69) is 31.2 Å². The van der Waals surface area contributed by atoms with Crippen LogP contribution >= 0.6 is 0 Å². The Kier molecular flexibility index (Phi) is 45.2. The molecule has 1 N–H and O–H groups in total. The summed E-state index contributed by atoms with van der Waals surface area (Å²) in [4.78, 5) is 0. The predicted octanol–water partition coefficient (Wildman–Crippen LogP) is 4.57. The zero-order valence-electron chi connectivity index (χ0n) is 35.9. The third-order valence-corrected chi connectivity index (χ3v) is 8.19. The Morgan fingerprint density at radius 2 is 0.569 bits per heavy atom. The van der Waals surface area contributed by atoms with Crippen molar-refractivity contribution < 1.29 is 71.4 Å². The fourth-order valence-corrected chi connectivity index (χ4v) is 5.06. The van der Waals surface area contributed by atoms with Crippen LogP contribution in [0.1, 0.15) is 57.4 Å². The van der Waals surface area contributed by atoms with Crippen molar-refractivity contribution in [2.45, 2.75) is 58.3 Å². The number of aliphatic hydroxyl groups excluding tert-OH is 1. The van der Waals surface area contributed by atoms with E-state index >= 15 is 0 Å². The zero-order chi connectivity index (χ0) is 41.3. The maximum atomic E-state index is 8.60. The molecule has 1 aromatic carbocycles. The van der Waals surface area contributed by atoms with Gasteiger partial charge in [-0.3, -0.25) is 0 Å². The Hall–Kier alpha value is -1.54. The Bertz CT molecular complexity index is 899. The summed E-state index contributed by atoms with van der Waals surface area (Å²) in [5.41, 5.74) is 1.38. The smallest absolute Gasteiger partial charge is 0.119 e. The molecule has 0 spiro atoms. The van der Waals surface area contributed by atoms with Crippen molar-refractivity contribution >= 4 is 0 Å². The van der Waals surface area contributed by atoms with Crippen LogP contribution in [0.15, 0.2) is 24.3 Å². The summed E-state index contributed by atoms with van der Waals surface area (Å²) in [6, 6.07) is 8.45. The zero-order valence-corrected chi connectivity index (χ0v) is 35.9. The van der Waals surface area contributed by atoms with Gasteiger partial charge in [0.15, 0.2) is 0 Å². The monoisotopic (exact) mass is 837 g/mol. The fraction of sp³-hybridized carbons (Fsp3) is 0.860. The predicted molar refractivity (Wildman–Crippen MR) is 221 cm³/mol. The lowest BCUT2D eigenvalue weighted by Crippen LogP contribution is -2.15. The highest BCUT2D eigenvalue weighted by atomic mass is 16.6. The van der Waals surface area contributed by atoms with Gasteiger partial charge < -0.3 is 71.4 Å². The molecule has 15 nitrogen and oxygen atoms in total. The van der Waals surface area contributed by atoms with Gasteiger partial charge in [-0.05, 0) is 30.5 Å². The van der Waals surface area contributed by atoms with E-state index in [0.717, 1.165) is 12.2 Å². The molecule has 0 aliphatic carbocycles. The van der Waals surface area contributed by atoms with Crippen molar-refractivity contribution in [3.63, 3.8) is 0 Å². The summed E-state index contributed by atoms with van der Waals surface area (Å²) in [7, 11) is 0. The molecule has 0 aromatic heterocycles. The van der Waals surface area contributed by atoms with Crippen LogP contribution in [0.3, 0.4) is 0 Å². The largest absolute Gasteiger partial charge is 0.491 e. The second-order valence-corrected chi connectivity index (χ2v) is 13.0. The van der Waals surface area contributed by atoms with E-state index in [1.807, 2.05) is 0 Å². The molecule has 0 amide bonds. The van der Waals surface area contributed by atoms with Gasteiger partial charge in [-0.15, -0.1) is 0 Å². The Morgan fingerprint density at radius 1 is 0.310 bits per heavy atom. The molecule has 15 heteroatoms. The number of rotatable bonds is 50. The lowest BCUT2D eigenvalue weighted by Gasteiger charge is -2.09. The van der Waals surface area contributed by atoms with Gasteiger partial charge in [0.2, 0.25) is 0 Å². The maximum absolute atomic E-state index is 8.60. The highest BCUT2D eigenvalue weighted by molar-refractivity contribution is 5.27. The topological polar surface area (TPSA) is 149 Å². The summed E-state index contributed by atoms with van der Waals surface area (Å²) in [6.07, 6.45) is 10.5. The molecule has 0 saturated carbocycles. The Balaban J connectivity index is 1.66. The van der Waals surface area contributed by atoms with E-state index in [1.165, 1.54) is 50.5 Å². The second kappa shape index (κ2) is 48.1. The van der Waals surface area contributed by atoms with Crippen LogP contribution < -0.4 is 4.74 Å². The SMILES string of the molecule is CCCCCCCCCc1ccc(OCCOCCOCCOCCOCCOCCOCCOCCOCCOCCOCCOCCOCCOCCO)cc1. The molecule has 0 heterocycles. The van der Waals surface area contributed by atoms with Crippen LogP contribution in [0.5, 0.6) is 5.75 Å². The first-order chi connectivity index (χ1) is 28.9. The average molecular weight is 837 g/mol. The molecular formula is C43H80O15. The van der Waals surface area contributed by atoms with Gasteiger partial charge >= 0.3 is 0 Å². The molecule has 0 aliphatic heterocycles. The van der Waals surface area contributed by atoms with E-state index in [-0.39, 0.29) is 6.61 Å². The lowest BCUT2D eigenvalue weighted by atomic mass is 10.0. The van der Waals surface area contributed by atoms with Crippen LogP contribution in [0.25, 0.3) is 0 Å². The van der Waals surface area contributed by atoms with Crippen LogP contribution in [0.2, 0.25) is 0 Å². The molecule has 1 rings (SSSR count). The molecule has 0 fully saturated rings. The maximum Gasteiger partial charge on any atom is 0.119 e. The number of unbranched alkanes of at least 4 members (excludes halogenated alkanes) is 6. The summed E-state index contributed by atoms with van der Waals surface area (Å²) in [5.74, 6) is 0.884. The molecule has 0 radical (unpaired) electrons. The van der Waals surface area contributed by atoms with E-state index in [1.54, 1.807) is 0 Å². The molecular weight excluding hydrogens is 756 g/mol. The van der Waals surface area contributed by atoms with Gasteiger partial charge in [0.1, 0.15) is 12.4 Å². The van der Waals surface area contributed by atoms with E-state index in [4.69, 9.17) is 71.4 Å². The summed E-state index contributed by atoms with van der Waals surface area (Å²) in [6.45, 7) is 15.8. The molecule has 0 atom stereocenters. The third-order valence-electron chi connectivity index (χ3n) is 8.19. The fourth-order valence-electron chi connectivity index (χ4n) is 5.06. The second-order valence-electron chi connectivity index (χ2n) is 13.0. The number of ether oxygens (including phenoxy) is 14. The molecule has 0 aliphatic rings. The number of aliphatic hydroxyl groups is 1. The highest BCUT2D eigenvalue weighted by Crippen LogP contribution is 2.15. The molecule has 0 bridgehead atoms. The van der Waals surface area contributed by atoms with Gasteiger partial charge in [-0.1, -0.05) is 57.6 Å². The molecule has 1 aromatic rings. The van der Waals surface area contributed by atoms with Crippen LogP contribution in [-0.2, 0) is 68.0 Å². The van der Waals surface area contributed by atoms with Crippen LogP contribution in [0, 0.1) is 0 Å². The standard InChI is InChI=1S/C43H80O15/c1-2-3-4-5-6-7-8-9-42-10-12-43(13-11-42)58-41-40-57-39-38-56-37-36-55-35-34-54-33-32-53-31-30-52-29-28-51-27-26-50-25-24-49-23-22-48-21-20-47-19-18-46-17-16-45-15-14-44/h10-13,44H,2-9,14-41H2,1H3. The van der Waals surface area contributed by atoms with Crippen LogP contribution in [-0.4, -0.2) is 190 Å².